The second-order valence-electron chi connectivity index (χ2n) is 3.47. The van der Waals surface area contributed by atoms with Crippen LogP contribution in [0.25, 0.3) is 0 Å². The van der Waals surface area contributed by atoms with Gasteiger partial charge in [-0.25, -0.2) is 0 Å². The normalized spacial score (nSPS) is 12.2. The average Bonchev–Trinajstić information content (AvgIpc) is 2.37. The van der Waals surface area contributed by atoms with Gasteiger partial charge in [0.05, 0.1) is 6.07 Å². The van der Waals surface area contributed by atoms with Crippen molar-refractivity contribution in [3.63, 3.8) is 0 Å². The number of hydrogen-bond acceptors (Lipinski definition) is 4. The highest BCUT2D eigenvalue weighted by Gasteiger charge is 2.14. The molecule has 0 aliphatic heterocycles. The van der Waals surface area contributed by atoms with Gasteiger partial charge in [-0.2, -0.15) is 5.26 Å². The zero-order valence-corrected chi connectivity index (χ0v) is 10.6. The van der Waals surface area contributed by atoms with Crippen LogP contribution in [0, 0.1) is 11.3 Å². The first kappa shape index (κ1) is 13.8. The Hall–Kier alpha value is -1.28. The first-order valence-corrected chi connectivity index (χ1v) is 5.54. The topological polar surface area (TPSA) is 54.3 Å². The fourth-order valence-corrected chi connectivity index (χ4v) is 1.50. The number of methoxy groups -OCH3 is 2. The second kappa shape index (κ2) is 7.13. The lowest BCUT2D eigenvalue weighted by Crippen LogP contribution is -2.26. The van der Waals surface area contributed by atoms with Crippen LogP contribution in [0.1, 0.15) is 6.42 Å². The minimum Gasteiger partial charge on any atom is -0.370 e. The Morgan fingerprint density at radius 1 is 1.29 bits per heavy atom. The fraction of sp³-hybridized carbons (Fsp3) is 0.417. The number of anilines is 1. The molecule has 1 aromatic carbocycles. The van der Waals surface area contributed by atoms with E-state index in [-0.39, 0.29) is 12.3 Å². The number of rotatable bonds is 6. The second-order valence-corrected chi connectivity index (χ2v) is 3.91. The van der Waals surface area contributed by atoms with Crippen molar-refractivity contribution >= 4 is 17.3 Å². The number of benzene rings is 1. The van der Waals surface area contributed by atoms with Gasteiger partial charge in [-0.15, -0.1) is 0 Å². The van der Waals surface area contributed by atoms with Crippen LogP contribution in [0.2, 0.25) is 5.02 Å². The van der Waals surface area contributed by atoms with Crippen molar-refractivity contribution in [1.29, 1.82) is 5.26 Å². The minimum absolute atomic E-state index is 0.374. The molecule has 92 valence electrons. The molecular formula is C12H15ClN2O2. The zero-order valence-electron chi connectivity index (χ0n) is 9.81. The number of nitrogens with one attached hydrogen (secondary N) is 1. The monoisotopic (exact) mass is 254 g/mol. The van der Waals surface area contributed by atoms with Crippen LogP contribution in [0.4, 0.5) is 5.69 Å². The molecule has 0 saturated heterocycles. The van der Waals surface area contributed by atoms with E-state index in [1.165, 1.54) is 0 Å². The summed E-state index contributed by atoms with van der Waals surface area (Å²) in [5.74, 6) is 0. The van der Waals surface area contributed by atoms with E-state index < -0.39 is 0 Å². The third kappa shape index (κ3) is 4.61. The molecule has 0 amide bonds. The van der Waals surface area contributed by atoms with Crippen molar-refractivity contribution in [1.82, 2.24) is 0 Å². The summed E-state index contributed by atoms with van der Waals surface area (Å²) in [5.41, 5.74) is 0.840. The fourth-order valence-electron chi connectivity index (χ4n) is 1.37. The van der Waals surface area contributed by atoms with Gasteiger partial charge in [-0.3, -0.25) is 0 Å². The Bertz CT molecular complexity index is 371. The summed E-state index contributed by atoms with van der Waals surface area (Å²) < 4.78 is 10.1. The summed E-state index contributed by atoms with van der Waals surface area (Å²) in [6, 6.07) is 8.96. The maximum Gasteiger partial charge on any atom is 0.159 e. The number of nitriles is 1. The Balaban J connectivity index is 2.58. The van der Waals surface area contributed by atoms with E-state index in [0.717, 1.165) is 5.69 Å². The van der Waals surface area contributed by atoms with E-state index in [4.69, 9.17) is 26.3 Å². The Labute approximate surface area is 106 Å². The molecular weight excluding hydrogens is 240 g/mol. The van der Waals surface area contributed by atoms with E-state index in [2.05, 4.69) is 11.4 Å². The molecule has 0 heterocycles. The summed E-state index contributed by atoms with van der Waals surface area (Å²) in [6.45, 7) is 0. The van der Waals surface area contributed by atoms with Crippen LogP contribution in [-0.4, -0.2) is 26.6 Å². The van der Waals surface area contributed by atoms with Crippen LogP contribution in [0.3, 0.4) is 0 Å². The molecule has 0 spiro atoms. The third-order valence-electron chi connectivity index (χ3n) is 2.29. The van der Waals surface area contributed by atoms with Gasteiger partial charge in [0, 0.05) is 31.4 Å². The van der Waals surface area contributed by atoms with Gasteiger partial charge < -0.3 is 14.8 Å². The van der Waals surface area contributed by atoms with E-state index in [1.54, 1.807) is 26.4 Å². The maximum atomic E-state index is 9.03. The summed E-state index contributed by atoms with van der Waals surface area (Å²) >= 11 is 5.78. The minimum atomic E-state index is -0.389. The van der Waals surface area contributed by atoms with Crippen molar-refractivity contribution in [3.05, 3.63) is 29.3 Å². The van der Waals surface area contributed by atoms with Gasteiger partial charge in [0.2, 0.25) is 0 Å². The largest absolute Gasteiger partial charge is 0.370 e. The summed E-state index contributed by atoms with van der Waals surface area (Å²) in [5, 5.41) is 12.8. The van der Waals surface area contributed by atoms with Crippen molar-refractivity contribution in [2.24, 2.45) is 0 Å². The molecule has 0 aromatic heterocycles. The number of nitrogens with zero attached hydrogens (tertiary/aromatic N) is 1. The van der Waals surface area contributed by atoms with Crippen LogP contribution >= 0.6 is 11.6 Å². The standard InChI is InChI=1S/C12H15ClN2O2/c1-16-12(17-2)7-11(8-14)15-10-5-3-9(13)4-6-10/h3-6,11-12,15H,7H2,1-2H3. The lowest BCUT2D eigenvalue weighted by Gasteiger charge is -2.18. The SMILES string of the molecule is COC(CC(C#N)Nc1ccc(Cl)cc1)OC. The van der Waals surface area contributed by atoms with Crippen LogP contribution in [0.5, 0.6) is 0 Å². The van der Waals surface area contributed by atoms with Gasteiger partial charge in [-0.1, -0.05) is 11.6 Å². The highest BCUT2D eigenvalue weighted by Crippen LogP contribution is 2.15. The third-order valence-corrected chi connectivity index (χ3v) is 2.55. The maximum absolute atomic E-state index is 9.03. The zero-order chi connectivity index (χ0) is 12.7. The molecule has 1 rings (SSSR count). The van der Waals surface area contributed by atoms with E-state index in [9.17, 15) is 0 Å². The van der Waals surface area contributed by atoms with E-state index in [1.807, 2.05) is 12.1 Å². The average molecular weight is 255 g/mol. The first-order valence-electron chi connectivity index (χ1n) is 5.17. The Morgan fingerprint density at radius 3 is 2.35 bits per heavy atom. The molecule has 0 saturated carbocycles. The molecule has 0 aliphatic carbocycles. The van der Waals surface area contributed by atoms with Crippen molar-refractivity contribution in [2.75, 3.05) is 19.5 Å². The molecule has 5 heteroatoms. The number of hydrogen-bond donors (Lipinski definition) is 1. The highest BCUT2D eigenvalue weighted by atomic mass is 35.5. The molecule has 4 nitrogen and oxygen atoms in total. The van der Waals surface area contributed by atoms with Crippen molar-refractivity contribution < 1.29 is 9.47 Å². The molecule has 1 unspecified atom stereocenters. The quantitative estimate of drug-likeness (QED) is 0.793. The van der Waals surface area contributed by atoms with Crippen LogP contribution in [0.15, 0.2) is 24.3 Å². The summed E-state index contributed by atoms with van der Waals surface area (Å²) in [4.78, 5) is 0. The molecule has 1 aromatic rings. The van der Waals surface area contributed by atoms with Gasteiger partial charge in [0.1, 0.15) is 6.04 Å². The van der Waals surface area contributed by atoms with Gasteiger partial charge in [-0.05, 0) is 24.3 Å². The number of halogens is 1. The van der Waals surface area contributed by atoms with Crippen LogP contribution in [-0.2, 0) is 9.47 Å². The molecule has 0 fully saturated rings. The molecule has 1 N–H and O–H groups in total. The van der Waals surface area contributed by atoms with Crippen LogP contribution < -0.4 is 5.32 Å². The molecule has 0 aliphatic rings. The predicted octanol–water partition coefficient (Wildman–Crippen LogP) is 2.65. The smallest absolute Gasteiger partial charge is 0.159 e. The lowest BCUT2D eigenvalue weighted by molar-refractivity contribution is -0.106. The van der Waals surface area contributed by atoms with Gasteiger partial charge >= 0.3 is 0 Å². The highest BCUT2D eigenvalue weighted by molar-refractivity contribution is 6.30. The van der Waals surface area contributed by atoms with E-state index >= 15 is 0 Å². The first-order chi connectivity index (χ1) is 8.19. The van der Waals surface area contributed by atoms with Crippen molar-refractivity contribution in [2.45, 2.75) is 18.8 Å². The molecule has 0 bridgehead atoms. The Kier molecular flexibility index (Phi) is 5.78. The number of ether oxygens (including phenoxy) is 2. The Morgan fingerprint density at radius 2 is 1.88 bits per heavy atom. The van der Waals surface area contributed by atoms with E-state index in [0.29, 0.717) is 11.4 Å². The molecule has 0 radical (unpaired) electrons. The summed E-state index contributed by atoms with van der Waals surface area (Å²) in [6.07, 6.45) is 0.0611. The predicted molar refractivity (Wildman–Crippen MR) is 66.9 cm³/mol. The molecule has 1 atom stereocenters. The lowest BCUT2D eigenvalue weighted by atomic mass is 10.2. The summed E-state index contributed by atoms with van der Waals surface area (Å²) in [7, 11) is 3.09. The van der Waals surface area contributed by atoms with Crippen molar-refractivity contribution in [3.8, 4) is 6.07 Å². The van der Waals surface area contributed by atoms with Gasteiger partial charge in [0.25, 0.3) is 0 Å². The molecule has 17 heavy (non-hydrogen) atoms. The van der Waals surface area contributed by atoms with Gasteiger partial charge in [0.15, 0.2) is 6.29 Å².